The number of likely N-dealkylation sites (tertiary alicyclic amines) is 1. The van der Waals surface area contributed by atoms with Gasteiger partial charge in [-0.1, -0.05) is 62.8 Å². The fraction of sp³-hybridized carbons (Fsp3) is 0.714. The molecule has 2 aliphatic rings. The third-order valence-corrected chi connectivity index (χ3v) is 7.75. The van der Waals surface area contributed by atoms with E-state index in [-0.39, 0.29) is 30.0 Å². The van der Waals surface area contributed by atoms with Crippen molar-refractivity contribution in [2.75, 3.05) is 39.8 Å². The Kier molecular flexibility index (Phi) is 12.3. The highest BCUT2D eigenvalue weighted by Crippen LogP contribution is 2.34. The Morgan fingerprint density at radius 2 is 1.97 bits per heavy atom. The molecule has 1 aliphatic heterocycles. The monoisotopic (exact) mass is 520 g/mol. The van der Waals surface area contributed by atoms with Crippen LogP contribution in [0.2, 0.25) is 5.02 Å². The number of halogens is 1. The van der Waals surface area contributed by atoms with Crippen LogP contribution in [0.3, 0.4) is 0 Å². The van der Waals surface area contributed by atoms with Crippen LogP contribution in [-0.2, 0) is 9.53 Å². The van der Waals surface area contributed by atoms with E-state index in [1.807, 2.05) is 43.1 Å². The normalized spacial score (nSPS) is 20.5. The lowest BCUT2D eigenvalue weighted by Crippen LogP contribution is -2.52. The van der Waals surface area contributed by atoms with Gasteiger partial charge in [0.1, 0.15) is 0 Å². The standard InChI is InChI=1S/C28H45ClN4O3/c1-3-26(34)31-14-16-36-27(22-11-7-13-24(29)18-22)23-12-8-15-33(20-23)28(35)32-25(19-30-2)17-21-9-5-4-6-10-21/h7,11,13,18,21,23,25,27,30H,3-6,8-10,12,14-17,19-20H2,1-2H3,(H,31,34)(H,32,35)/t23-,25+,27?/m1/s1. The predicted molar refractivity (Wildman–Crippen MR) is 145 cm³/mol. The van der Waals surface area contributed by atoms with Crippen LogP contribution in [0.25, 0.3) is 0 Å². The van der Waals surface area contributed by atoms with Gasteiger partial charge in [0.15, 0.2) is 0 Å². The smallest absolute Gasteiger partial charge is 0.317 e. The lowest BCUT2D eigenvalue weighted by Gasteiger charge is -2.38. The summed E-state index contributed by atoms with van der Waals surface area (Å²) in [6.45, 7) is 4.90. The summed E-state index contributed by atoms with van der Waals surface area (Å²) in [5.41, 5.74) is 1.02. The third-order valence-electron chi connectivity index (χ3n) is 7.51. The van der Waals surface area contributed by atoms with E-state index in [4.69, 9.17) is 16.3 Å². The van der Waals surface area contributed by atoms with Crippen LogP contribution in [0.1, 0.15) is 76.4 Å². The first-order valence-corrected chi connectivity index (χ1v) is 14.2. The van der Waals surface area contributed by atoms with Crippen LogP contribution in [0, 0.1) is 11.8 Å². The molecule has 1 saturated heterocycles. The second-order valence-corrected chi connectivity index (χ2v) is 10.8. The highest BCUT2D eigenvalue weighted by molar-refractivity contribution is 6.30. The van der Waals surface area contributed by atoms with E-state index in [9.17, 15) is 9.59 Å². The summed E-state index contributed by atoms with van der Waals surface area (Å²) in [4.78, 5) is 26.9. The van der Waals surface area contributed by atoms with Gasteiger partial charge in [-0.2, -0.15) is 0 Å². The van der Waals surface area contributed by atoms with E-state index >= 15 is 0 Å². The fourth-order valence-electron chi connectivity index (χ4n) is 5.66. The largest absolute Gasteiger partial charge is 0.371 e. The molecule has 202 valence electrons. The maximum Gasteiger partial charge on any atom is 0.317 e. The number of nitrogens with zero attached hydrogens (tertiary/aromatic N) is 1. The van der Waals surface area contributed by atoms with E-state index in [0.717, 1.165) is 37.9 Å². The van der Waals surface area contributed by atoms with Gasteiger partial charge in [-0.05, 0) is 49.9 Å². The van der Waals surface area contributed by atoms with E-state index < -0.39 is 0 Å². The van der Waals surface area contributed by atoms with Crippen molar-refractivity contribution in [3.8, 4) is 0 Å². The van der Waals surface area contributed by atoms with Gasteiger partial charge in [0.25, 0.3) is 0 Å². The van der Waals surface area contributed by atoms with Crippen molar-refractivity contribution < 1.29 is 14.3 Å². The molecule has 1 heterocycles. The summed E-state index contributed by atoms with van der Waals surface area (Å²) in [7, 11) is 1.95. The predicted octanol–water partition coefficient (Wildman–Crippen LogP) is 4.90. The molecule has 0 radical (unpaired) electrons. The second kappa shape index (κ2) is 15.4. The highest BCUT2D eigenvalue weighted by Gasteiger charge is 2.32. The molecule has 1 aromatic rings. The number of nitrogens with one attached hydrogen (secondary N) is 3. The summed E-state index contributed by atoms with van der Waals surface area (Å²) >= 11 is 6.30. The van der Waals surface area contributed by atoms with Crippen LogP contribution in [-0.4, -0.2) is 62.7 Å². The number of carbonyl (C=O) groups excluding carboxylic acids is 2. The number of benzene rings is 1. The Balaban J connectivity index is 1.62. The number of likely N-dealkylation sites (N-methyl/N-ethyl adjacent to an activating group) is 1. The van der Waals surface area contributed by atoms with Gasteiger partial charge in [0.2, 0.25) is 5.91 Å². The lowest BCUT2D eigenvalue weighted by atomic mass is 9.85. The molecule has 36 heavy (non-hydrogen) atoms. The van der Waals surface area contributed by atoms with E-state index in [1.54, 1.807) is 0 Å². The van der Waals surface area contributed by atoms with Crippen LogP contribution < -0.4 is 16.0 Å². The van der Waals surface area contributed by atoms with Gasteiger partial charge in [0.05, 0.1) is 12.7 Å². The Hall–Kier alpha value is -1.83. The Labute approximate surface area is 222 Å². The van der Waals surface area contributed by atoms with Crippen molar-refractivity contribution in [2.45, 2.75) is 76.9 Å². The van der Waals surface area contributed by atoms with Crippen LogP contribution in [0.15, 0.2) is 24.3 Å². The number of amides is 3. The average Bonchev–Trinajstić information content (AvgIpc) is 2.89. The molecule has 1 saturated carbocycles. The zero-order valence-corrected chi connectivity index (χ0v) is 22.8. The van der Waals surface area contributed by atoms with Crippen molar-refractivity contribution in [3.63, 3.8) is 0 Å². The van der Waals surface area contributed by atoms with Gasteiger partial charge < -0.3 is 25.6 Å². The van der Waals surface area contributed by atoms with Crippen molar-refractivity contribution >= 4 is 23.5 Å². The topological polar surface area (TPSA) is 82.7 Å². The number of urea groups is 1. The minimum absolute atomic E-state index is 0.0165. The first-order valence-electron chi connectivity index (χ1n) is 13.8. The molecule has 2 fully saturated rings. The van der Waals surface area contributed by atoms with Gasteiger partial charge in [0, 0.05) is 49.6 Å². The Bertz CT molecular complexity index is 818. The quantitative estimate of drug-likeness (QED) is 0.342. The number of ether oxygens (including phenoxy) is 1. The SMILES string of the molecule is CCC(=O)NCCOC(c1cccc(Cl)c1)[C@@H]1CCCN(C(=O)N[C@H](CNC)CC2CCCCC2)C1. The molecule has 3 N–H and O–H groups in total. The van der Waals surface area contributed by atoms with Gasteiger partial charge in [-0.15, -0.1) is 0 Å². The molecule has 8 heteroatoms. The Morgan fingerprint density at radius 1 is 1.17 bits per heavy atom. The molecule has 1 aliphatic carbocycles. The molecular weight excluding hydrogens is 476 g/mol. The van der Waals surface area contributed by atoms with Crippen LogP contribution >= 0.6 is 11.6 Å². The second-order valence-electron chi connectivity index (χ2n) is 10.3. The molecule has 0 spiro atoms. The number of hydrogen-bond acceptors (Lipinski definition) is 4. The van der Waals surface area contributed by atoms with Crippen molar-refractivity contribution in [1.82, 2.24) is 20.9 Å². The van der Waals surface area contributed by atoms with E-state index in [2.05, 4.69) is 16.0 Å². The van der Waals surface area contributed by atoms with Crippen LogP contribution in [0.4, 0.5) is 4.79 Å². The highest BCUT2D eigenvalue weighted by atomic mass is 35.5. The number of rotatable bonds is 12. The lowest BCUT2D eigenvalue weighted by molar-refractivity contribution is -0.121. The summed E-state index contributed by atoms with van der Waals surface area (Å²) in [6.07, 6.45) is 9.75. The van der Waals surface area contributed by atoms with Gasteiger partial charge in [-0.3, -0.25) is 4.79 Å². The van der Waals surface area contributed by atoms with Gasteiger partial charge >= 0.3 is 6.03 Å². The first kappa shape index (κ1) is 28.7. The first-order chi connectivity index (χ1) is 17.5. The average molecular weight is 521 g/mol. The maximum atomic E-state index is 13.3. The molecule has 3 amide bonds. The minimum atomic E-state index is -0.187. The maximum absolute atomic E-state index is 13.3. The van der Waals surface area contributed by atoms with Crippen molar-refractivity contribution in [2.24, 2.45) is 11.8 Å². The summed E-state index contributed by atoms with van der Waals surface area (Å²) in [5.74, 6) is 0.883. The molecule has 0 aromatic heterocycles. The van der Waals surface area contributed by atoms with E-state index in [0.29, 0.717) is 37.1 Å². The molecule has 7 nitrogen and oxygen atoms in total. The number of piperidine rings is 1. The molecule has 1 aromatic carbocycles. The Morgan fingerprint density at radius 3 is 2.69 bits per heavy atom. The minimum Gasteiger partial charge on any atom is -0.371 e. The molecule has 0 bridgehead atoms. The van der Waals surface area contributed by atoms with E-state index in [1.165, 1.54) is 32.1 Å². The summed E-state index contributed by atoms with van der Waals surface area (Å²) in [6, 6.07) is 7.95. The van der Waals surface area contributed by atoms with Crippen molar-refractivity contribution in [1.29, 1.82) is 0 Å². The zero-order chi connectivity index (χ0) is 25.8. The molecule has 3 rings (SSSR count). The molecule has 1 unspecified atom stereocenters. The number of carbonyl (C=O) groups is 2. The van der Waals surface area contributed by atoms with Crippen LogP contribution in [0.5, 0.6) is 0 Å². The summed E-state index contributed by atoms with van der Waals surface area (Å²) < 4.78 is 6.32. The van der Waals surface area contributed by atoms with Crippen molar-refractivity contribution in [3.05, 3.63) is 34.9 Å². The number of hydrogen-bond donors (Lipinski definition) is 3. The van der Waals surface area contributed by atoms with Gasteiger partial charge in [-0.25, -0.2) is 4.79 Å². The third kappa shape index (κ3) is 9.24. The fourth-order valence-corrected chi connectivity index (χ4v) is 5.86. The summed E-state index contributed by atoms with van der Waals surface area (Å²) in [5, 5.41) is 10.1. The zero-order valence-electron chi connectivity index (χ0n) is 22.1. The molecule has 3 atom stereocenters. The molecular formula is C28H45ClN4O3.